The lowest BCUT2D eigenvalue weighted by atomic mass is 10.3. The van der Waals surface area contributed by atoms with E-state index in [-0.39, 0.29) is 0 Å². The standard InChI is InChI=1S/C15H12N2O/c1-3-7-13(8-4-1)17-12-15(11-16-17)18-14-9-5-2-6-10-14/h1-12H. The zero-order valence-electron chi connectivity index (χ0n) is 9.73. The highest BCUT2D eigenvalue weighted by Crippen LogP contribution is 2.21. The van der Waals surface area contributed by atoms with Crippen molar-refractivity contribution in [2.75, 3.05) is 0 Å². The van der Waals surface area contributed by atoms with Crippen LogP contribution in [0.4, 0.5) is 0 Å². The van der Waals surface area contributed by atoms with E-state index < -0.39 is 0 Å². The van der Waals surface area contributed by atoms with Gasteiger partial charge in [0.25, 0.3) is 0 Å². The smallest absolute Gasteiger partial charge is 0.165 e. The van der Waals surface area contributed by atoms with E-state index in [0.29, 0.717) is 0 Å². The average molecular weight is 236 g/mol. The molecule has 2 aromatic carbocycles. The first-order chi connectivity index (χ1) is 8.92. The number of para-hydroxylation sites is 2. The maximum Gasteiger partial charge on any atom is 0.165 e. The van der Waals surface area contributed by atoms with E-state index in [9.17, 15) is 0 Å². The van der Waals surface area contributed by atoms with Gasteiger partial charge in [-0.25, -0.2) is 4.68 Å². The highest BCUT2D eigenvalue weighted by Gasteiger charge is 2.02. The largest absolute Gasteiger partial charge is 0.454 e. The SMILES string of the molecule is c1ccc(Oc2cnn(-c3ccccc3)c2)cc1. The number of ether oxygens (including phenoxy) is 1. The molecule has 0 aliphatic carbocycles. The predicted molar refractivity (Wildman–Crippen MR) is 70.1 cm³/mol. The zero-order valence-corrected chi connectivity index (χ0v) is 9.73. The lowest BCUT2D eigenvalue weighted by Crippen LogP contribution is -1.92. The van der Waals surface area contributed by atoms with Gasteiger partial charge in [0.05, 0.1) is 18.1 Å². The second-order valence-corrected chi connectivity index (χ2v) is 3.87. The second-order valence-electron chi connectivity index (χ2n) is 3.87. The Bertz CT molecular complexity index is 617. The van der Waals surface area contributed by atoms with Crippen molar-refractivity contribution in [1.82, 2.24) is 9.78 Å². The first kappa shape index (κ1) is 10.6. The molecule has 0 amide bonds. The molecule has 0 N–H and O–H groups in total. The highest BCUT2D eigenvalue weighted by atomic mass is 16.5. The van der Waals surface area contributed by atoms with Crippen LogP contribution in [0.3, 0.4) is 0 Å². The summed E-state index contributed by atoms with van der Waals surface area (Å²) in [5.74, 6) is 1.54. The van der Waals surface area contributed by atoms with Crippen LogP contribution in [0.25, 0.3) is 5.69 Å². The number of benzene rings is 2. The summed E-state index contributed by atoms with van der Waals surface area (Å²) in [5.41, 5.74) is 1.01. The predicted octanol–water partition coefficient (Wildman–Crippen LogP) is 3.66. The van der Waals surface area contributed by atoms with Crippen LogP contribution in [0.5, 0.6) is 11.5 Å². The molecule has 1 heterocycles. The van der Waals surface area contributed by atoms with Crippen molar-refractivity contribution in [1.29, 1.82) is 0 Å². The molecule has 0 saturated carbocycles. The Balaban J connectivity index is 1.82. The van der Waals surface area contributed by atoms with Crippen LogP contribution < -0.4 is 4.74 Å². The van der Waals surface area contributed by atoms with Crippen LogP contribution >= 0.6 is 0 Å². The van der Waals surface area contributed by atoms with E-state index in [0.717, 1.165) is 17.2 Å². The van der Waals surface area contributed by atoms with E-state index in [2.05, 4.69) is 5.10 Å². The van der Waals surface area contributed by atoms with Crippen LogP contribution in [-0.2, 0) is 0 Å². The summed E-state index contributed by atoms with van der Waals surface area (Å²) < 4.78 is 7.49. The maximum absolute atomic E-state index is 5.70. The van der Waals surface area contributed by atoms with Crippen molar-refractivity contribution in [2.24, 2.45) is 0 Å². The molecule has 0 aliphatic heterocycles. The van der Waals surface area contributed by atoms with Gasteiger partial charge in [0, 0.05) is 0 Å². The second kappa shape index (κ2) is 4.75. The van der Waals surface area contributed by atoms with E-state index in [4.69, 9.17) is 4.74 Å². The molecule has 0 fully saturated rings. The third-order valence-electron chi connectivity index (χ3n) is 2.56. The lowest BCUT2D eigenvalue weighted by Gasteiger charge is -2.01. The van der Waals surface area contributed by atoms with Gasteiger partial charge in [0.2, 0.25) is 0 Å². The summed E-state index contributed by atoms with van der Waals surface area (Å²) >= 11 is 0. The Morgan fingerprint density at radius 3 is 2.17 bits per heavy atom. The van der Waals surface area contributed by atoms with Gasteiger partial charge >= 0.3 is 0 Å². The molecular formula is C15H12N2O. The quantitative estimate of drug-likeness (QED) is 0.693. The molecule has 0 aliphatic rings. The van der Waals surface area contributed by atoms with Crippen molar-refractivity contribution in [2.45, 2.75) is 0 Å². The molecule has 0 spiro atoms. The van der Waals surface area contributed by atoms with Gasteiger partial charge in [-0.1, -0.05) is 36.4 Å². The Labute approximate surface area is 105 Å². The fraction of sp³-hybridized carbons (Fsp3) is 0. The van der Waals surface area contributed by atoms with Crippen LogP contribution in [0.1, 0.15) is 0 Å². The van der Waals surface area contributed by atoms with E-state index in [1.807, 2.05) is 66.9 Å². The summed E-state index contributed by atoms with van der Waals surface area (Å²) in [6, 6.07) is 19.6. The van der Waals surface area contributed by atoms with Crippen molar-refractivity contribution in [3.8, 4) is 17.2 Å². The van der Waals surface area contributed by atoms with Gasteiger partial charge in [-0.3, -0.25) is 0 Å². The van der Waals surface area contributed by atoms with Crippen molar-refractivity contribution in [3.63, 3.8) is 0 Å². The van der Waals surface area contributed by atoms with Gasteiger partial charge < -0.3 is 4.74 Å². The van der Waals surface area contributed by atoms with E-state index >= 15 is 0 Å². The number of nitrogens with zero attached hydrogens (tertiary/aromatic N) is 2. The molecule has 0 unspecified atom stereocenters. The first-order valence-corrected chi connectivity index (χ1v) is 5.75. The monoisotopic (exact) mass is 236 g/mol. The van der Waals surface area contributed by atoms with Crippen molar-refractivity contribution < 1.29 is 4.74 Å². The van der Waals surface area contributed by atoms with Gasteiger partial charge in [0.1, 0.15) is 5.75 Å². The minimum Gasteiger partial charge on any atom is -0.454 e. The fourth-order valence-corrected chi connectivity index (χ4v) is 1.71. The number of hydrogen-bond donors (Lipinski definition) is 0. The van der Waals surface area contributed by atoms with E-state index in [1.54, 1.807) is 10.9 Å². The van der Waals surface area contributed by atoms with Crippen LogP contribution in [-0.4, -0.2) is 9.78 Å². The molecule has 0 atom stereocenters. The molecule has 18 heavy (non-hydrogen) atoms. The molecule has 0 saturated heterocycles. The Morgan fingerprint density at radius 2 is 1.44 bits per heavy atom. The molecule has 3 nitrogen and oxygen atoms in total. The van der Waals surface area contributed by atoms with E-state index in [1.165, 1.54) is 0 Å². The van der Waals surface area contributed by atoms with Gasteiger partial charge in [0.15, 0.2) is 5.75 Å². The first-order valence-electron chi connectivity index (χ1n) is 5.75. The van der Waals surface area contributed by atoms with Crippen LogP contribution in [0.15, 0.2) is 73.1 Å². The number of hydrogen-bond acceptors (Lipinski definition) is 2. The summed E-state index contributed by atoms with van der Waals surface area (Å²) in [7, 11) is 0. The van der Waals surface area contributed by atoms with Gasteiger partial charge in [-0.2, -0.15) is 5.10 Å². The zero-order chi connectivity index (χ0) is 12.2. The Hall–Kier alpha value is -2.55. The summed E-state index contributed by atoms with van der Waals surface area (Å²) in [5, 5.41) is 4.27. The fourth-order valence-electron chi connectivity index (χ4n) is 1.71. The molecule has 0 bridgehead atoms. The number of rotatable bonds is 3. The summed E-state index contributed by atoms with van der Waals surface area (Å²) in [6.45, 7) is 0. The molecule has 1 aromatic heterocycles. The summed E-state index contributed by atoms with van der Waals surface area (Å²) in [4.78, 5) is 0. The minimum absolute atomic E-state index is 0.727. The van der Waals surface area contributed by atoms with Crippen LogP contribution in [0, 0.1) is 0 Å². The number of aromatic nitrogens is 2. The Kier molecular flexibility index (Phi) is 2.80. The average Bonchev–Trinajstić information content (AvgIpc) is 2.89. The van der Waals surface area contributed by atoms with Crippen LogP contribution in [0.2, 0.25) is 0 Å². The maximum atomic E-state index is 5.70. The molecule has 0 radical (unpaired) electrons. The highest BCUT2D eigenvalue weighted by molar-refractivity contribution is 5.34. The van der Waals surface area contributed by atoms with Crippen molar-refractivity contribution in [3.05, 3.63) is 73.1 Å². The Morgan fingerprint density at radius 1 is 0.778 bits per heavy atom. The normalized spacial score (nSPS) is 10.2. The minimum atomic E-state index is 0.727. The van der Waals surface area contributed by atoms with Gasteiger partial charge in [-0.05, 0) is 24.3 Å². The third kappa shape index (κ3) is 2.25. The lowest BCUT2D eigenvalue weighted by molar-refractivity contribution is 0.482. The molecular weight excluding hydrogens is 224 g/mol. The molecule has 88 valence electrons. The summed E-state index contributed by atoms with van der Waals surface area (Å²) in [6.07, 6.45) is 3.57. The van der Waals surface area contributed by atoms with Crippen molar-refractivity contribution >= 4 is 0 Å². The van der Waals surface area contributed by atoms with Gasteiger partial charge in [-0.15, -0.1) is 0 Å². The molecule has 3 heteroatoms. The topological polar surface area (TPSA) is 27.1 Å². The third-order valence-corrected chi connectivity index (χ3v) is 2.56. The molecule has 3 aromatic rings. The molecule has 3 rings (SSSR count).